The van der Waals surface area contributed by atoms with Crippen molar-refractivity contribution in [3.63, 3.8) is 0 Å². The quantitative estimate of drug-likeness (QED) is 0.543. The Hall–Kier alpha value is -2.24. The van der Waals surface area contributed by atoms with Crippen molar-refractivity contribution in [1.29, 1.82) is 0 Å². The molecule has 0 aliphatic heterocycles. The molecular weight excluding hydrogens is 288 g/mol. The topological polar surface area (TPSA) is 71.1 Å². The minimum Gasteiger partial charge on any atom is -0.455 e. The molecule has 1 aromatic rings. The molecule has 1 rings (SSSR count). The standard InChI is InChI=1S/C16H22O6/c1-5-15(19-11(3)17)21-13-8-7-9-14(10-13)22-16(6-2)20-12(4)18/h7-10,15-16H,5-6H2,1-4H3. The van der Waals surface area contributed by atoms with Gasteiger partial charge in [-0.2, -0.15) is 0 Å². The van der Waals surface area contributed by atoms with Gasteiger partial charge in [0.1, 0.15) is 11.5 Å². The summed E-state index contributed by atoms with van der Waals surface area (Å²) in [4.78, 5) is 22.0. The second-order valence-electron chi connectivity index (χ2n) is 4.61. The van der Waals surface area contributed by atoms with E-state index in [1.165, 1.54) is 13.8 Å². The molecule has 0 saturated carbocycles. The summed E-state index contributed by atoms with van der Waals surface area (Å²) < 4.78 is 21.2. The Bertz CT molecular complexity index is 458. The van der Waals surface area contributed by atoms with E-state index in [-0.39, 0.29) is 0 Å². The summed E-state index contributed by atoms with van der Waals surface area (Å²) in [5.74, 6) is 0.201. The van der Waals surface area contributed by atoms with Crippen LogP contribution >= 0.6 is 0 Å². The normalized spacial score (nSPS) is 12.9. The van der Waals surface area contributed by atoms with Crippen molar-refractivity contribution in [3.8, 4) is 11.5 Å². The highest BCUT2D eigenvalue weighted by atomic mass is 16.7. The van der Waals surface area contributed by atoms with Gasteiger partial charge in [-0.1, -0.05) is 19.9 Å². The molecule has 0 radical (unpaired) electrons. The average molecular weight is 310 g/mol. The largest absolute Gasteiger partial charge is 0.455 e. The van der Waals surface area contributed by atoms with Crippen LogP contribution in [-0.4, -0.2) is 24.5 Å². The SMILES string of the molecule is CCC(OC(C)=O)Oc1cccc(OC(CC)OC(C)=O)c1. The van der Waals surface area contributed by atoms with Crippen LogP contribution in [0.25, 0.3) is 0 Å². The summed E-state index contributed by atoms with van der Waals surface area (Å²) in [5, 5.41) is 0. The van der Waals surface area contributed by atoms with Crippen LogP contribution in [0.5, 0.6) is 11.5 Å². The van der Waals surface area contributed by atoms with Gasteiger partial charge in [0.05, 0.1) is 0 Å². The molecule has 6 nitrogen and oxygen atoms in total. The predicted octanol–water partition coefficient (Wildman–Crippen LogP) is 3.04. The van der Waals surface area contributed by atoms with E-state index in [0.717, 1.165) is 0 Å². The van der Waals surface area contributed by atoms with Crippen molar-refractivity contribution in [1.82, 2.24) is 0 Å². The minimum absolute atomic E-state index is 0.403. The molecule has 22 heavy (non-hydrogen) atoms. The van der Waals surface area contributed by atoms with E-state index in [0.29, 0.717) is 24.3 Å². The molecule has 0 fully saturated rings. The van der Waals surface area contributed by atoms with Gasteiger partial charge in [0.25, 0.3) is 0 Å². The molecule has 6 heteroatoms. The number of hydrogen-bond donors (Lipinski definition) is 0. The van der Waals surface area contributed by atoms with Gasteiger partial charge in [-0.25, -0.2) is 0 Å². The Kier molecular flexibility index (Phi) is 7.22. The highest BCUT2D eigenvalue weighted by molar-refractivity contribution is 5.66. The average Bonchev–Trinajstić information content (AvgIpc) is 2.45. The molecule has 2 unspecified atom stereocenters. The fraction of sp³-hybridized carbons (Fsp3) is 0.500. The predicted molar refractivity (Wildman–Crippen MR) is 79.4 cm³/mol. The minimum atomic E-state index is -0.650. The maximum atomic E-state index is 11.0. The molecule has 0 aliphatic rings. The smallest absolute Gasteiger partial charge is 0.305 e. The van der Waals surface area contributed by atoms with E-state index >= 15 is 0 Å². The fourth-order valence-corrected chi connectivity index (χ4v) is 1.68. The summed E-state index contributed by atoms with van der Waals surface area (Å²) in [5.41, 5.74) is 0. The number of carbonyl (C=O) groups is 2. The van der Waals surface area contributed by atoms with Crippen molar-refractivity contribution in [2.24, 2.45) is 0 Å². The molecule has 0 aliphatic carbocycles. The number of rotatable bonds is 8. The van der Waals surface area contributed by atoms with Crippen LogP contribution in [0.2, 0.25) is 0 Å². The number of ether oxygens (including phenoxy) is 4. The van der Waals surface area contributed by atoms with Crippen LogP contribution in [0.1, 0.15) is 40.5 Å². The first kappa shape index (κ1) is 17.8. The van der Waals surface area contributed by atoms with E-state index in [2.05, 4.69) is 0 Å². The zero-order valence-electron chi connectivity index (χ0n) is 13.3. The van der Waals surface area contributed by atoms with Crippen molar-refractivity contribution in [3.05, 3.63) is 24.3 Å². The van der Waals surface area contributed by atoms with Gasteiger partial charge < -0.3 is 18.9 Å². The summed E-state index contributed by atoms with van der Waals surface area (Å²) in [6, 6.07) is 6.85. The third-order valence-corrected chi connectivity index (χ3v) is 2.60. The number of carbonyl (C=O) groups excluding carboxylic acids is 2. The summed E-state index contributed by atoms with van der Waals surface area (Å²) in [7, 11) is 0. The van der Waals surface area contributed by atoms with Gasteiger partial charge >= 0.3 is 11.9 Å². The Morgan fingerprint density at radius 3 is 1.64 bits per heavy atom. The molecule has 2 atom stereocenters. The van der Waals surface area contributed by atoms with Crippen LogP contribution in [0.3, 0.4) is 0 Å². The Balaban J connectivity index is 2.72. The van der Waals surface area contributed by atoms with Gasteiger partial charge in [-0.3, -0.25) is 9.59 Å². The van der Waals surface area contributed by atoms with Gasteiger partial charge in [-0.05, 0) is 12.1 Å². The first-order valence-electron chi connectivity index (χ1n) is 7.22. The molecule has 0 spiro atoms. The van der Waals surface area contributed by atoms with Crippen LogP contribution in [0.15, 0.2) is 24.3 Å². The van der Waals surface area contributed by atoms with Gasteiger partial charge in [0, 0.05) is 32.8 Å². The van der Waals surface area contributed by atoms with E-state index < -0.39 is 24.5 Å². The third-order valence-electron chi connectivity index (χ3n) is 2.60. The molecule has 0 saturated heterocycles. The number of benzene rings is 1. The molecule has 0 aromatic heterocycles. The lowest BCUT2D eigenvalue weighted by atomic mass is 10.3. The third kappa shape index (κ3) is 6.47. The van der Waals surface area contributed by atoms with Crippen molar-refractivity contribution >= 4 is 11.9 Å². The second kappa shape index (κ2) is 8.92. The monoisotopic (exact) mass is 310 g/mol. The van der Waals surface area contributed by atoms with Crippen molar-refractivity contribution in [2.45, 2.75) is 53.1 Å². The molecule has 0 bridgehead atoms. The van der Waals surface area contributed by atoms with Crippen LogP contribution in [0, 0.1) is 0 Å². The lowest BCUT2D eigenvalue weighted by molar-refractivity contribution is -0.161. The Morgan fingerprint density at radius 1 is 0.909 bits per heavy atom. The summed E-state index contributed by atoms with van der Waals surface area (Å²) in [6.07, 6.45) is -0.253. The van der Waals surface area contributed by atoms with Gasteiger partial charge in [-0.15, -0.1) is 0 Å². The van der Waals surface area contributed by atoms with E-state index in [1.54, 1.807) is 24.3 Å². The summed E-state index contributed by atoms with van der Waals surface area (Å²) in [6.45, 7) is 6.36. The van der Waals surface area contributed by atoms with E-state index in [4.69, 9.17) is 18.9 Å². The van der Waals surface area contributed by atoms with Crippen molar-refractivity contribution < 1.29 is 28.5 Å². The Labute approximate surface area is 130 Å². The maximum absolute atomic E-state index is 11.0. The van der Waals surface area contributed by atoms with Gasteiger partial charge in [0.15, 0.2) is 0 Å². The Morgan fingerprint density at radius 2 is 1.32 bits per heavy atom. The first-order valence-corrected chi connectivity index (χ1v) is 7.22. The molecular formula is C16H22O6. The molecule has 0 amide bonds. The van der Waals surface area contributed by atoms with E-state index in [1.807, 2.05) is 13.8 Å². The van der Waals surface area contributed by atoms with E-state index in [9.17, 15) is 9.59 Å². The molecule has 122 valence electrons. The van der Waals surface area contributed by atoms with Crippen molar-refractivity contribution in [2.75, 3.05) is 0 Å². The molecule has 0 heterocycles. The second-order valence-corrected chi connectivity index (χ2v) is 4.61. The lowest BCUT2D eigenvalue weighted by Gasteiger charge is -2.19. The molecule has 0 N–H and O–H groups in total. The van der Waals surface area contributed by atoms with Gasteiger partial charge in [0.2, 0.25) is 12.6 Å². The zero-order valence-corrected chi connectivity index (χ0v) is 13.3. The number of hydrogen-bond acceptors (Lipinski definition) is 6. The van der Waals surface area contributed by atoms with Crippen LogP contribution in [-0.2, 0) is 19.1 Å². The summed E-state index contributed by atoms with van der Waals surface area (Å²) >= 11 is 0. The first-order chi connectivity index (χ1) is 10.4. The lowest BCUT2D eigenvalue weighted by Crippen LogP contribution is -2.23. The van der Waals surface area contributed by atoms with Crippen LogP contribution < -0.4 is 9.47 Å². The highest BCUT2D eigenvalue weighted by Crippen LogP contribution is 2.23. The van der Waals surface area contributed by atoms with Crippen LogP contribution in [0.4, 0.5) is 0 Å². The highest BCUT2D eigenvalue weighted by Gasteiger charge is 2.14. The fourth-order valence-electron chi connectivity index (χ4n) is 1.68. The maximum Gasteiger partial charge on any atom is 0.305 e. The zero-order chi connectivity index (χ0) is 16.5. The number of esters is 2. The molecule has 1 aromatic carbocycles.